The van der Waals surface area contributed by atoms with Crippen LogP contribution in [0.15, 0.2) is 40.8 Å². The van der Waals surface area contributed by atoms with Crippen LogP contribution >= 0.6 is 0 Å². The van der Waals surface area contributed by atoms with Gasteiger partial charge in [0.15, 0.2) is 0 Å². The summed E-state index contributed by atoms with van der Waals surface area (Å²) in [4.78, 5) is 19.7. The number of furan rings is 1. The van der Waals surface area contributed by atoms with Crippen LogP contribution in [-0.2, 0) is 17.9 Å². The van der Waals surface area contributed by atoms with Crippen molar-refractivity contribution >= 4 is 5.91 Å². The van der Waals surface area contributed by atoms with Gasteiger partial charge in [-0.2, -0.15) is 0 Å². The van der Waals surface area contributed by atoms with Crippen LogP contribution in [0, 0.1) is 12.7 Å². The summed E-state index contributed by atoms with van der Waals surface area (Å²) in [7, 11) is 0. The molecule has 2 aromatic rings. The van der Waals surface area contributed by atoms with Crippen molar-refractivity contribution in [2.45, 2.75) is 45.3 Å². The highest BCUT2D eigenvalue weighted by Gasteiger charge is 2.33. The van der Waals surface area contributed by atoms with Gasteiger partial charge in [-0.15, -0.1) is 0 Å². The zero-order valence-electron chi connectivity index (χ0n) is 17.1. The summed E-state index contributed by atoms with van der Waals surface area (Å²) in [5.74, 6) is 1.76. The van der Waals surface area contributed by atoms with Crippen molar-refractivity contribution in [2.75, 3.05) is 32.7 Å². The summed E-state index contributed by atoms with van der Waals surface area (Å²) in [6.07, 6.45) is 3.23. The Kier molecular flexibility index (Phi) is 6.31. The molecule has 2 fully saturated rings. The van der Waals surface area contributed by atoms with Gasteiger partial charge in [0.05, 0.1) is 13.1 Å². The van der Waals surface area contributed by atoms with Crippen molar-refractivity contribution in [3.8, 4) is 0 Å². The number of rotatable bonds is 7. The van der Waals surface area contributed by atoms with Gasteiger partial charge in [0.25, 0.3) is 0 Å². The standard InChI is InChI=1S/C23H30FN3O2/c1-18-3-10-22(29-18)16-27(21-8-9-21)23(28)17-26-12-2-11-25(13-14-26)15-19-4-6-20(24)7-5-19/h3-7,10,21H,2,8-9,11-17H2,1H3. The Morgan fingerprint density at radius 1 is 1.07 bits per heavy atom. The van der Waals surface area contributed by atoms with Crippen LogP contribution in [0.25, 0.3) is 0 Å². The highest BCUT2D eigenvalue weighted by Crippen LogP contribution is 2.29. The lowest BCUT2D eigenvalue weighted by atomic mass is 10.2. The van der Waals surface area contributed by atoms with Crippen molar-refractivity contribution in [1.82, 2.24) is 14.7 Å². The van der Waals surface area contributed by atoms with E-state index in [-0.39, 0.29) is 11.7 Å². The first-order valence-electron chi connectivity index (χ1n) is 10.6. The number of nitrogens with zero attached hydrogens (tertiary/aromatic N) is 3. The van der Waals surface area contributed by atoms with Gasteiger partial charge in [0.2, 0.25) is 5.91 Å². The quantitative estimate of drug-likeness (QED) is 0.715. The molecule has 0 spiro atoms. The van der Waals surface area contributed by atoms with E-state index >= 15 is 0 Å². The largest absolute Gasteiger partial charge is 0.464 e. The van der Waals surface area contributed by atoms with Gasteiger partial charge in [-0.05, 0) is 69.1 Å². The van der Waals surface area contributed by atoms with Crippen LogP contribution in [0.3, 0.4) is 0 Å². The Balaban J connectivity index is 1.29. The Labute approximate surface area is 172 Å². The molecule has 0 N–H and O–H groups in total. The van der Waals surface area contributed by atoms with E-state index in [0.717, 1.165) is 69.1 Å². The maximum absolute atomic E-state index is 13.1. The van der Waals surface area contributed by atoms with Crippen LogP contribution in [0.4, 0.5) is 4.39 Å². The molecular weight excluding hydrogens is 369 g/mol. The Morgan fingerprint density at radius 2 is 1.79 bits per heavy atom. The van der Waals surface area contributed by atoms with Crippen LogP contribution in [0.1, 0.15) is 36.3 Å². The summed E-state index contributed by atoms with van der Waals surface area (Å²) in [6, 6.07) is 11.0. The van der Waals surface area contributed by atoms with Gasteiger partial charge in [-0.25, -0.2) is 4.39 Å². The molecule has 1 saturated carbocycles. The predicted octanol–water partition coefficient (Wildman–Crippen LogP) is 3.43. The third-order valence-electron chi connectivity index (χ3n) is 5.79. The maximum atomic E-state index is 13.1. The fourth-order valence-electron chi connectivity index (χ4n) is 4.02. The molecule has 1 saturated heterocycles. The highest BCUT2D eigenvalue weighted by atomic mass is 19.1. The first kappa shape index (κ1) is 20.1. The molecule has 6 heteroatoms. The van der Waals surface area contributed by atoms with Gasteiger partial charge >= 0.3 is 0 Å². The summed E-state index contributed by atoms with van der Waals surface area (Å²) < 4.78 is 18.8. The predicted molar refractivity (Wildman–Crippen MR) is 110 cm³/mol. The topological polar surface area (TPSA) is 39.9 Å². The van der Waals surface area contributed by atoms with E-state index in [2.05, 4.69) is 9.80 Å². The Morgan fingerprint density at radius 3 is 2.48 bits per heavy atom. The molecule has 29 heavy (non-hydrogen) atoms. The number of carbonyl (C=O) groups is 1. The van der Waals surface area contributed by atoms with Crippen LogP contribution in [-0.4, -0.2) is 59.4 Å². The van der Waals surface area contributed by atoms with Crippen molar-refractivity contribution in [3.05, 3.63) is 59.3 Å². The molecule has 1 aliphatic carbocycles. The van der Waals surface area contributed by atoms with Crippen molar-refractivity contribution in [1.29, 1.82) is 0 Å². The van der Waals surface area contributed by atoms with Crippen molar-refractivity contribution in [2.24, 2.45) is 0 Å². The minimum atomic E-state index is -0.195. The van der Waals surface area contributed by atoms with Gasteiger partial charge in [-0.3, -0.25) is 14.6 Å². The lowest BCUT2D eigenvalue weighted by molar-refractivity contribution is -0.133. The number of benzene rings is 1. The summed E-state index contributed by atoms with van der Waals surface area (Å²) in [6.45, 7) is 7.54. The molecule has 156 valence electrons. The van der Waals surface area contributed by atoms with Crippen molar-refractivity contribution < 1.29 is 13.6 Å². The third-order valence-corrected chi connectivity index (χ3v) is 5.79. The SMILES string of the molecule is Cc1ccc(CN(C(=O)CN2CCCN(Cc3ccc(F)cc3)CC2)C2CC2)o1. The Bertz CT molecular complexity index is 816. The minimum Gasteiger partial charge on any atom is -0.464 e. The molecule has 0 bridgehead atoms. The zero-order chi connectivity index (χ0) is 20.2. The van der Waals surface area contributed by atoms with E-state index in [0.29, 0.717) is 19.1 Å². The first-order valence-corrected chi connectivity index (χ1v) is 10.6. The first-order chi connectivity index (χ1) is 14.1. The van der Waals surface area contributed by atoms with Gasteiger partial charge < -0.3 is 9.32 Å². The number of aryl methyl sites for hydroxylation is 1. The molecule has 0 atom stereocenters. The second kappa shape index (κ2) is 9.09. The van der Waals surface area contributed by atoms with Gasteiger partial charge in [0.1, 0.15) is 17.3 Å². The minimum absolute atomic E-state index is 0.195. The fraction of sp³-hybridized carbons (Fsp3) is 0.522. The molecule has 2 aliphatic rings. The average molecular weight is 400 g/mol. The van der Waals surface area contributed by atoms with Gasteiger partial charge in [0, 0.05) is 25.7 Å². The number of hydrogen-bond donors (Lipinski definition) is 0. The molecule has 4 rings (SSSR count). The normalized spacial score (nSPS) is 18.6. The molecule has 1 aliphatic heterocycles. The molecule has 1 aromatic carbocycles. The summed E-state index contributed by atoms with van der Waals surface area (Å²) >= 11 is 0. The number of halogens is 1. The highest BCUT2D eigenvalue weighted by molar-refractivity contribution is 5.79. The molecule has 1 aromatic heterocycles. The summed E-state index contributed by atoms with van der Waals surface area (Å²) in [5.41, 5.74) is 1.13. The van der Waals surface area contributed by atoms with Crippen LogP contribution in [0.5, 0.6) is 0 Å². The van der Waals surface area contributed by atoms with Crippen LogP contribution in [0.2, 0.25) is 0 Å². The third kappa shape index (κ3) is 5.67. The monoisotopic (exact) mass is 399 g/mol. The Hall–Kier alpha value is -2.18. The van der Waals surface area contributed by atoms with E-state index < -0.39 is 0 Å². The van der Waals surface area contributed by atoms with E-state index in [1.54, 1.807) is 0 Å². The van der Waals surface area contributed by atoms with Gasteiger partial charge in [-0.1, -0.05) is 12.1 Å². The second-order valence-electron chi connectivity index (χ2n) is 8.30. The van der Waals surface area contributed by atoms with Crippen LogP contribution < -0.4 is 0 Å². The van der Waals surface area contributed by atoms with E-state index in [1.807, 2.05) is 36.1 Å². The smallest absolute Gasteiger partial charge is 0.237 e. The molecule has 5 nitrogen and oxygen atoms in total. The van der Waals surface area contributed by atoms with Crippen molar-refractivity contribution in [3.63, 3.8) is 0 Å². The van der Waals surface area contributed by atoms with E-state index in [1.165, 1.54) is 12.1 Å². The zero-order valence-corrected chi connectivity index (χ0v) is 17.1. The fourth-order valence-corrected chi connectivity index (χ4v) is 4.02. The maximum Gasteiger partial charge on any atom is 0.237 e. The molecule has 2 heterocycles. The lowest BCUT2D eigenvalue weighted by Gasteiger charge is -2.26. The lowest BCUT2D eigenvalue weighted by Crippen LogP contribution is -2.42. The van der Waals surface area contributed by atoms with E-state index in [4.69, 9.17) is 4.42 Å². The van der Waals surface area contributed by atoms with E-state index in [9.17, 15) is 9.18 Å². The number of hydrogen-bond acceptors (Lipinski definition) is 4. The average Bonchev–Trinajstić information content (AvgIpc) is 3.49. The molecular formula is C23H30FN3O2. The summed E-state index contributed by atoms with van der Waals surface area (Å²) in [5, 5.41) is 0. The number of carbonyl (C=O) groups excluding carboxylic acids is 1. The molecule has 1 amide bonds. The second-order valence-corrected chi connectivity index (χ2v) is 8.30. The number of amides is 1. The molecule has 0 unspecified atom stereocenters. The molecule has 0 radical (unpaired) electrons.